The van der Waals surface area contributed by atoms with E-state index < -0.39 is 5.97 Å². The van der Waals surface area contributed by atoms with Gasteiger partial charge in [0.2, 0.25) is 0 Å². The molecule has 0 radical (unpaired) electrons. The molecule has 0 rings (SSSR count). The Morgan fingerprint density at radius 1 is 0.682 bits per heavy atom. The third-order valence-electron chi connectivity index (χ3n) is 4.15. The lowest BCUT2D eigenvalue weighted by atomic mass is 10.0. The van der Waals surface area contributed by atoms with Gasteiger partial charge in [0.05, 0.1) is 0 Å². The highest BCUT2D eigenvalue weighted by atomic mass is 16.4. The SMILES string of the molecule is CCCCC=CCCCCCCCCCCCCCC(=O)O. The second kappa shape index (κ2) is 18.3. The second-order valence-electron chi connectivity index (χ2n) is 6.44. The number of hydrogen-bond acceptors (Lipinski definition) is 1. The Kier molecular flexibility index (Phi) is 17.6. The van der Waals surface area contributed by atoms with Crippen molar-refractivity contribution < 1.29 is 9.90 Å². The molecule has 0 aromatic heterocycles. The zero-order chi connectivity index (χ0) is 16.3. The minimum atomic E-state index is -0.656. The summed E-state index contributed by atoms with van der Waals surface area (Å²) in [4.78, 5) is 10.4. The van der Waals surface area contributed by atoms with Crippen LogP contribution in [-0.4, -0.2) is 11.1 Å². The fraction of sp³-hybridized carbons (Fsp3) is 0.850. The highest BCUT2D eigenvalue weighted by Crippen LogP contribution is 2.12. The molecule has 0 amide bonds. The van der Waals surface area contributed by atoms with Crippen molar-refractivity contribution in [2.45, 2.75) is 110 Å². The van der Waals surface area contributed by atoms with Gasteiger partial charge in [-0.2, -0.15) is 0 Å². The minimum Gasteiger partial charge on any atom is -0.481 e. The number of carboxylic acid groups (broad SMARTS) is 1. The Morgan fingerprint density at radius 2 is 1.09 bits per heavy atom. The summed E-state index contributed by atoms with van der Waals surface area (Å²) < 4.78 is 0. The van der Waals surface area contributed by atoms with Crippen molar-refractivity contribution in [1.29, 1.82) is 0 Å². The Hall–Kier alpha value is -0.790. The van der Waals surface area contributed by atoms with Crippen molar-refractivity contribution in [3.63, 3.8) is 0 Å². The van der Waals surface area contributed by atoms with Crippen LogP contribution in [0.1, 0.15) is 110 Å². The molecule has 0 aliphatic carbocycles. The molecule has 130 valence electrons. The van der Waals surface area contributed by atoms with Gasteiger partial charge in [0.25, 0.3) is 0 Å². The molecule has 0 spiro atoms. The summed E-state index contributed by atoms with van der Waals surface area (Å²) in [7, 11) is 0. The maximum absolute atomic E-state index is 10.4. The van der Waals surface area contributed by atoms with Gasteiger partial charge in [-0.1, -0.05) is 89.7 Å². The molecule has 0 aromatic carbocycles. The smallest absolute Gasteiger partial charge is 0.303 e. The first-order valence-corrected chi connectivity index (χ1v) is 9.64. The Labute approximate surface area is 138 Å². The fourth-order valence-corrected chi connectivity index (χ4v) is 2.69. The van der Waals surface area contributed by atoms with E-state index >= 15 is 0 Å². The first kappa shape index (κ1) is 21.2. The molecular formula is C20H38O2. The van der Waals surface area contributed by atoms with Gasteiger partial charge in [0, 0.05) is 6.42 Å². The monoisotopic (exact) mass is 310 g/mol. The summed E-state index contributed by atoms with van der Waals surface area (Å²) in [5.41, 5.74) is 0. The summed E-state index contributed by atoms with van der Waals surface area (Å²) in [6.07, 6.45) is 24.2. The standard InChI is InChI=1S/C20H38O2/c1-2-3-4-5-6-7-8-9-10-11-12-13-14-15-16-17-18-19-20(21)22/h5-6H,2-4,7-19H2,1H3,(H,21,22). The third kappa shape index (κ3) is 19.2. The average molecular weight is 311 g/mol. The van der Waals surface area contributed by atoms with Crippen molar-refractivity contribution in [2.24, 2.45) is 0 Å². The van der Waals surface area contributed by atoms with E-state index in [1.165, 1.54) is 83.5 Å². The lowest BCUT2D eigenvalue weighted by molar-refractivity contribution is -0.137. The molecule has 0 fully saturated rings. The van der Waals surface area contributed by atoms with Crippen molar-refractivity contribution in [3.8, 4) is 0 Å². The molecule has 2 nitrogen and oxygen atoms in total. The lowest BCUT2D eigenvalue weighted by Crippen LogP contribution is -1.93. The van der Waals surface area contributed by atoms with Crippen molar-refractivity contribution in [1.82, 2.24) is 0 Å². The van der Waals surface area contributed by atoms with Crippen LogP contribution in [0.15, 0.2) is 12.2 Å². The van der Waals surface area contributed by atoms with E-state index in [4.69, 9.17) is 5.11 Å². The Balaban J connectivity index is 3.02. The summed E-state index contributed by atoms with van der Waals surface area (Å²) >= 11 is 0. The van der Waals surface area contributed by atoms with E-state index in [1.54, 1.807) is 0 Å². The van der Waals surface area contributed by atoms with E-state index in [9.17, 15) is 4.79 Å². The summed E-state index contributed by atoms with van der Waals surface area (Å²) in [5.74, 6) is -0.656. The zero-order valence-electron chi connectivity index (χ0n) is 14.8. The molecule has 1 N–H and O–H groups in total. The van der Waals surface area contributed by atoms with Gasteiger partial charge in [-0.05, 0) is 25.7 Å². The van der Waals surface area contributed by atoms with Crippen molar-refractivity contribution in [3.05, 3.63) is 12.2 Å². The van der Waals surface area contributed by atoms with Crippen molar-refractivity contribution >= 4 is 5.97 Å². The van der Waals surface area contributed by atoms with Gasteiger partial charge in [0.1, 0.15) is 0 Å². The van der Waals surface area contributed by atoms with Gasteiger partial charge in [-0.15, -0.1) is 0 Å². The summed E-state index contributed by atoms with van der Waals surface area (Å²) in [6.45, 7) is 2.24. The van der Waals surface area contributed by atoms with Crippen LogP contribution < -0.4 is 0 Å². The molecule has 0 bridgehead atoms. The number of hydrogen-bond donors (Lipinski definition) is 1. The second-order valence-corrected chi connectivity index (χ2v) is 6.44. The first-order chi connectivity index (χ1) is 10.8. The highest BCUT2D eigenvalue weighted by Gasteiger charge is 1.96. The van der Waals surface area contributed by atoms with Gasteiger partial charge in [0.15, 0.2) is 0 Å². The fourth-order valence-electron chi connectivity index (χ4n) is 2.69. The number of unbranched alkanes of at least 4 members (excludes halogenated alkanes) is 13. The summed E-state index contributed by atoms with van der Waals surface area (Å²) in [6, 6.07) is 0. The highest BCUT2D eigenvalue weighted by molar-refractivity contribution is 5.66. The predicted octanol–water partition coefficient (Wildman–Crippen LogP) is 6.89. The minimum absolute atomic E-state index is 0.341. The largest absolute Gasteiger partial charge is 0.481 e. The van der Waals surface area contributed by atoms with E-state index in [2.05, 4.69) is 19.1 Å². The van der Waals surface area contributed by atoms with Crippen LogP contribution in [0.2, 0.25) is 0 Å². The molecule has 0 unspecified atom stereocenters. The van der Waals surface area contributed by atoms with Gasteiger partial charge >= 0.3 is 5.97 Å². The van der Waals surface area contributed by atoms with Crippen LogP contribution in [-0.2, 0) is 4.79 Å². The zero-order valence-corrected chi connectivity index (χ0v) is 14.8. The number of carbonyl (C=O) groups is 1. The van der Waals surface area contributed by atoms with Crippen LogP contribution in [0, 0.1) is 0 Å². The molecule has 0 atom stereocenters. The van der Waals surface area contributed by atoms with E-state index in [0.717, 1.165) is 12.8 Å². The molecule has 0 saturated heterocycles. The first-order valence-electron chi connectivity index (χ1n) is 9.64. The molecule has 0 aromatic rings. The molecule has 0 aliphatic heterocycles. The molecule has 0 aliphatic rings. The third-order valence-corrected chi connectivity index (χ3v) is 4.15. The molecular weight excluding hydrogens is 272 g/mol. The Bertz CT molecular complexity index is 258. The maximum Gasteiger partial charge on any atom is 0.303 e. The topological polar surface area (TPSA) is 37.3 Å². The van der Waals surface area contributed by atoms with Crippen LogP contribution in [0.4, 0.5) is 0 Å². The van der Waals surface area contributed by atoms with Gasteiger partial charge in [-0.3, -0.25) is 4.79 Å². The molecule has 22 heavy (non-hydrogen) atoms. The normalized spacial score (nSPS) is 11.3. The van der Waals surface area contributed by atoms with Crippen LogP contribution >= 0.6 is 0 Å². The van der Waals surface area contributed by atoms with Crippen molar-refractivity contribution in [2.75, 3.05) is 0 Å². The van der Waals surface area contributed by atoms with Crippen LogP contribution in [0.5, 0.6) is 0 Å². The number of carboxylic acids is 1. The van der Waals surface area contributed by atoms with E-state index in [0.29, 0.717) is 6.42 Å². The predicted molar refractivity (Wildman–Crippen MR) is 96.3 cm³/mol. The number of allylic oxidation sites excluding steroid dienone is 2. The van der Waals surface area contributed by atoms with Crippen LogP contribution in [0.25, 0.3) is 0 Å². The number of rotatable bonds is 17. The lowest BCUT2D eigenvalue weighted by Gasteiger charge is -2.02. The van der Waals surface area contributed by atoms with Gasteiger partial charge < -0.3 is 5.11 Å². The quantitative estimate of drug-likeness (QED) is 0.234. The Morgan fingerprint density at radius 3 is 1.55 bits per heavy atom. The maximum atomic E-state index is 10.4. The van der Waals surface area contributed by atoms with Crippen LogP contribution in [0.3, 0.4) is 0 Å². The average Bonchev–Trinajstić information content (AvgIpc) is 2.50. The number of aliphatic carboxylic acids is 1. The molecule has 0 heterocycles. The van der Waals surface area contributed by atoms with E-state index in [-0.39, 0.29) is 0 Å². The van der Waals surface area contributed by atoms with Gasteiger partial charge in [-0.25, -0.2) is 0 Å². The summed E-state index contributed by atoms with van der Waals surface area (Å²) in [5, 5.41) is 8.54. The van der Waals surface area contributed by atoms with E-state index in [1.807, 2.05) is 0 Å². The molecule has 0 saturated carbocycles. The molecule has 2 heteroatoms.